The fraction of sp³-hybridized carbons (Fsp3) is 0.0769. The summed E-state index contributed by atoms with van der Waals surface area (Å²) in [6.45, 7) is 0. The average molecular weight is 299 g/mol. The van der Waals surface area contributed by atoms with Crippen molar-refractivity contribution < 1.29 is 23.1 Å². The molecule has 0 amide bonds. The Kier molecular flexibility index (Phi) is 3.89. The number of hydrogen-bond donors (Lipinski definition) is 1. The third kappa shape index (κ3) is 3.24. The van der Waals surface area contributed by atoms with E-state index >= 15 is 0 Å². The smallest absolute Gasteiger partial charge is 0.433 e. The van der Waals surface area contributed by atoms with E-state index in [-0.39, 0.29) is 5.69 Å². The van der Waals surface area contributed by atoms with E-state index in [0.29, 0.717) is 11.1 Å². The van der Waals surface area contributed by atoms with Gasteiger partial charge in [0.15, 0.2) is 0 Å². The normalized spacial score (nSPS) is 11.9. The van der Waals surface area contributed by atoms with Crippen LogP contribution in [-0.4, -0.2) is 16.1 Å². The Bertz CT molecular complexity index is 648. The molecule has 2 aromatic heterocycles. The molecule has 104 valence electrons. The van der Waals surface area contributed by atoms with Crippen molar-refractivity contribution >= 4 is 23.4 Å². The number of rotatable bonds is 3. The molecular weight excluding hydrogens is 291 g/mol. The van der Waals surface area contributed by atoms with Gasteiger partial charge in [-0.15, -0.1) is 0 Å². The highest BCUT2D eigenvalue weighted by molar-refractivity contribution is 7.08. The van der Waals surface area contributed by atoms with Gasteiger partial charge in [0.25, 0.3) is 0 Å². The van der Waals surface area contributed by atoms with E-state index < -0.39 is 17.8 Å². The number of hydrogen-bond acceptors (Lipinski definition) is 3. The molecule has 0 aliphatic rings. The van der Waals surface area contributed by atoms with Crippen LogP contribution in [0.3, 0.4) is 0 Å². The Morgan fingerprint density at radius 3 is 2.60 bits per heavy atom. The maximum Gasteiger partial charge on any atom is 0.433 e. The molecule has 7 heteroatoms. The van der Waals surface area contributed by atoms with Crippen LogP contribution in [0.5, 0.6) is 0 Å². The molecule has 0 fully saturated rings. The van der Waals surface area contributed by atoms with Crippen LogP contribution in [0.25, 0.3) is 17.3 Å². The first kappa shape index (κ1) is 14.3. The summed E-state index contributed by atoms with van der Waals surface area (Å²) in [6, 6.07) is 3.67. The maximum atomic E-state index is 12.7. The van der Waals surface area contributed by atoms with E-state index in [9.17, 15) is 18.0 Å². The summed E-state index contributed by atoms with van der Waals surface area (Å²) in [5, 5.41) is 12.0. The standard InChI is InChI=1S/C13H8F3NO2S/c14-13(15,16)10-3-1-8(2-4-11(18)19)12(17-10)9-5-6-20-7-9/h1-7H,(H,18,19). The van der Waals surface area contributed by atoms with Gasteiger partial charge in [0, 0.05) is 22.6 Å². The summed E-state index contributed by atoms with van der Waals surface area (Å²) in [5.41, 5.74) is -0.0605. The van der Waals surface area contributed by atoms with Gasteiger partial charge in [-0.2, -0.15) is 24.5 Å². The summed E-state index contributed by atoms with van der Waals surface area (Å²) < 4.78 is 38.0. The zero-order valence-corrected chi connectivity index (χ0v) is 10.7. The summed E-state index contributed by atoms with van der Waals surface area (Å²) in [6.07, 6.45) is -2.46. The molecule has 0 aromatic carbocycles. The maximum absolute atomic E-state index is 12.7. The second-order valence-corrected chi connectivity index (χ2v) is 4.60. The van der Waals surface area contributed by atoms with Gasteiger partial charge in [-0.05, 0) is 23.6 Å². The van der Waals surface area contributed by atoms with Crippen LogP contribution in [0.1, 0.15) is 11.3 Å². The Hall–Kier alpha value is -2.15. The molecule has 2 heterocycles. The highest BCUT2D eigenvalue weighted by Gasteiger charge is 2.33. The van der Waals surface area contributed by atoms with E-state index in [4.69, 9.17) is 5.11 Å². The van der Waals surface area contributed by atoms with Gasteiger partial charge in [0.05, 0.1) is 5.69 Å². The number of carboxylic acid groups (broad SMARTS) is 1. The van der Waals surface area contributed by atoms with E-state index in [1.807, 2.05) is 0 Å². The topological polar surface area (TPSA) is 50.2 Å². The quantitative estimate of drug-likeness (QED) is 0.874. The number of halogens is 3. The van der Waals surface area contributed by atoms with Crippen LogP contribution in [0.2, 0.25) is 0 Å². The van der Waals surface area contributed by atoms with Gasteiger partial charge in [0.1, 0.15) is 5.69 Å². The fourth-order valence-corrected chi connectivity index (χ4v) is 2.19. The van der Waals surface area contributed by atoms with Crippen molar-refractivity contribution in [3.05, 3.63) is 46.3 Å². The molecule has 0 spiro atoms. The van der Waals surface area contributed by atoms with Crippen LogP contribution in [-0.2, 0) is 11.0 Å². The molecular formula is C13H8F3NO2S. The van der Waals surface area contributed by atoms with E-state index in [0.717, 1.165) is 12.1 Å². The monoisotopic (exact) mass is 299 g/mol. The minimum Gasteiger partial charge on any atom is -0.478 e. The molecule has 0 radical (unpaired) electrons. The molecule has 3 nitrogen and oxygen atoms in total. The number of aliphatic carboxylic acids is 1. The van der Waals surface area contributed by atoms with Crippen molar-refractivity contribution in [2.75, 3.05) is 0 Å². The number of thiophene rings is 1. The summed E-state index contributed by atoms with van der Waals surface area (Å²) in [7, 11) is 0. The molecule has 20 heavy (non-hydrogen) atoms. The summed E-state index contributed by atoms with van der Waals surface area (Å²) in [5.74, 6) is -1.18. The lowest BCUT2D eigenvalue weighted by Gasteiger charge is -2.09. The second-order valence-electron chi connectivity index (χ2n) is 3.82. The summed E-state index contributed by atoms with van der Waals surface area (Å²) >= 11 is 1.32. The van der Waals surface area contributed by atoms with Crippen molar-refractivity contribution in [2.24, 2.45) is 0 Å². The molecule has 0 saturated heterocycles. The lowest BCUT2D eigenvalue weighted by molar-refractivity contribution is -0.141. The minimum absolute atomic E-state index is 0.110. The lowest BCUT2D eigenvalue weighted by Crippen LogP contribution is -2.08. The third-order valence-electron chi connectivity index (χ3n) is 2.42. The van der Waals surface area contributed by atoms with Crippen molar-refractivity contribution in [1.82, 2.24) is 4.98 Å². The van der Waals surface area contributed by atoms with Crippen molar-refractivity contribution in [3.63, 3.8) is 0 Å². The molecule has 0 atom stereocenters. The van der Waals surface area contributed by atoms with Crippen molar-refractivity contribution in [3.8, 4) is 11.3 Å². The van der Waals surface area contributed by atoms with Crippen LogP contribution in [0, 0.1) is 0 Å². The number of aromatic nitrogens is 1. The van der Waals surface area contributed by atoms with Gasteiger partial charge < -0.3 is 5.11 Å². The predicted octanol–water partition coefficient (Wildman–Crippen LogP) is 3.93. The van der Waals surface area contributed by atoms with Crippen LogP contribution >= 0.6 is 11.3 Å². The number of carboxylic acids is 1. The van der Waals surface area contributed by atoms with Crippen molar-refractivity contribution in [2.45, 2.75) is 6.18 Å². The first-order valence-corrected chi connectivity index (χ1v) is 6.34. The first-order valence-electron chi connectivity index (χ1n) is 5.40. The highest BCUT2D eigenvalue weighted by atomic mass is 32.1. The zero-order chi connectivity index (χ0) is 14.8. The molecule has 0 saturated carbocycles. The SMILES string of the molecule is O=C(O)C=Cc1ccc(C(F)(F)F)nc1-c1ccsc1. The van der Waals surface area contributed by atoms with Crippen molar-refractivity contribution in [1.29, 1.82) is 0 Å². The van der Waals surface area contributed by atoms with E-state index in [2.05, 4.69) is 4.98 Å². The van der Waals surface area contributed by atoms with Crippen LogP contribution < -0.4 is 0 Å². The molecule has 0 bridgehead atoms. The van der Waals surface area contributed by atoms with Crippen LogP contribution in [0.15, 0.2) is 35.0 Å². The minimum atomic E-state index is -4.54. The van der Waals surface area contributed by atoms with Crippen LogP contribution in [0.4, 0.5) is 13.2 Å². The Balaban J connectivity index is 2.55. The molecule has 2 rings (SSSR count). The van der Waals surface area contributed by atoms with Gasteiger partial charge in [-0.3, -0.25) is 0 Å². The third-order valence-corrected chi connectivity index (χ3v) is 3.10. The van der Waals surface area contributed by atoms with Gasteiger partial charge in [0.2, 0.25) is 0 Å². The first-order chi connectivity index (χ1) is 9.38. The van der Waals surface area contributed by atoms with E-state index in [1.54, 1.807) is 16.8 Å². The molecule has 0 unspecified atom stereocenters. The Morgan fingerprint density at radius 1 is 1.30 bits per heavy atom. The highest BCUT2D eigenvalue weighted by Crippen LogP contribution is 2.32. The zero-order valence-electron chi connectivity index (χ0n) is 9.89. The number of carbonyl (C=O) groups is 1. The summed E-state index contributed by atoms with van der Waals surface area (Å²) in [4.78, 5) is 14.1. The van der Waals surface area contributed by atoms with E-state index in [1.165, 1.54) is 23.5 Å². The average Bonchev–Trinajstić information content (AvgIpc) is 2.88. The second kappa shape index (κ2) is 5.46. The Labute approximate surface area is 116 Å². The number of pyridine rings is 1. The molecule has 2 aromatic rings. The molecule has 0 aliphatic heterocycles. The van der Waals surface area contributed by atoms with Gasteiger partial charge in [-0.1, -0.05) is 6.07 Å². The van der Waals surface area contributed by atoms with Gasteiger partial charge in [-0.25, -0.2) is 9.78 Å². The number of nitrogens with zero attached hydrogens (tertiary/aromatic N) is 1. The number of alkyl halides is 3. The molecule has 1 N–H and O–H groups in total. The lowest BCUT2D eigenvalue weighted by atomic mass is 10.1. The van der Waals surface area contributed by atoms with Gasteiger partial charge >= 0.3 is 12.1 Å². The predicted molar refractivity (Wildman–Crippen MR) is 69.2 cm³/mol. The largest absolute Gasteiger partial charge is 0.478 e. The fourth-order valence-electron chi connectivity index (χ4n) is 1.55. The Morgan fingerprint density at radius 2 is 2.05 bits per heavy atom. The molecule has 0 aliphatic carbocycles.